The van der Waals surface area contributed by atoms with E-state index in [1.54, 1.807) is 25.1 Å². The second kappa shape index (κ2) is 4.50. The molecule has 0 unspecified atom stereocenters. The third kappa shape index (κ3) is 2.35. The van der Waals surface area contributed by atoms with Gasteiger partial charge in [-0.15, -0.1) is 0 Å². The molecule has 2 rings (SSSR count). The number of nitrogens with zero attached hydrogens (tertiary/aromatic N) is 1. The van der Waals surface area contributed by atoms with E-state index in [0.717, 1.165) is 4.47 Å². The molecular formula is C11H7BrClNO3. The van der Waals surface area contributed by atoms with E-state index in [4.69, 9.17) is 21.1 Å². The molecule has 2 aromatic rings. The van der Waals surface area contributed by atoms with Crippen LogP contribution in [0.4, 0.5) is 0 Å². The summed E-state index contributed by atoms with van der Waals surface area (Å²) in [6, 6.07) is 5.18. The first-order valence-electron chi connectivity index (χ1n) is 4.65. The van der Waals surface area contributed by atoms with Gasteiger partial charge in [-0.25, -0.2) is 9.78 Å². The maximum atomic E-state index is 10.8. The Morgan fingerprint density at radius 2 is 2.24 bits per heavy atom. The van der Waals surface area contributed by atoms with Gasteiger partial charge in [0.1, 0.15) is 0 Å². The van der Waals surface area contributed by atoms with Crippen LogP contribution in [0.3, 0.4) is 0 Å². The van der Waals surface area contributed by atoms with Crippen LogP contribution in [0.15, 0.2) is 27.1 Å². The molecule has 6 heteroatoms. The zero-order chi connectivity index (χ0) is 12.6. The van der Waals surface area contributed by atoms with E-state index in [-0.39, 0.29) is 11.7 Å². The maximum absolute atomic E-state index is 10.8. The molecule has 0 aliphatic carbocycles. The lowest BCUT2D eigenvalue weighted by atomic mass is 10.2. The van der Waals surface area contributed by atoms with Gasteiger partial charge in [0, 0.05) is 4.47 Å². The first kappa shape index (κ1) is 12.1. The van der Waals surface area contributed by atoms with Crippen molar-refractivity contribution < 1.29 is 14.3 Å². The molecule has 0 bridgehead atoms. The molecule has 1 aromatic heterocycles. The lowest BCUT2D eigenvalue weighted by Gasteiger charge is -1.99. The number of carboxylic acids is 1. The van der Waals surface area contributed by atoms with Gasteiger partial charge in [0.25, 0.3) is 0 Å². The Morgan fingerprint density at radius 3 is 2.76 bits per heavy atom. The van der Waals surface area contributed by atoms with Gasteiger partial charge in [0.2, 0.25) is 11.7 Å². The summed E-state index contributed by atoms with van der Waals surface area (Å²) in [6.45, 7) is 1.57. The number of rotatable bonds is 2. The van der Waals surface area contributed by atoms with Crippen molar-refractivity contribution in [1.82, 2.24) is 4.98 Å². The number of aromatic nitrogens is 1. The van der Waals surface area contributed by atoms with Crippen LogP contribution in [0.25, 0.3) is 11.5 Å². The second-order valence-corrected chi connectivity index (χ2v) is 4.69. The van der Waals surface area contributed by atoms with Crippen LogP contribution in [0.2, 0.25) is 5.02 Å². The SMILES string of the molecule is Cc1nc(-c2ccc(Br)cc2Cl)oc1C(=O)O. The van der Waals surface area contributed by atoms with E-state index in [2.05, 4.69) is 20.9 Å². The smallest absolute Gasteiger partial charge is 0.373 e. The summed E-state index contributed by atoms with van der Waals surface area (Å²) in [6.07, 6.45) is 0. The lowest BCUT2D eigenvalue weighted by Crippen LogP contribution is -1.95. The number of hydrogen-bond acceptors (Lipinski definition) is 3. The zero-order valence-electron chi connectivity index (χ0n) is 8.70. The van der Waals surface area contributed by atoms with Crippen molar-refractivity contribution in [3.8, 4) is 11.5 Å². The molecule has 0 aliphatic rings. The monoisotopic (exact) mass is 315 g/mol. The Kier molecular flexibility index (Phi) is 3.22. The van der Waals surface area contributed by atoms with Gasteiger partial charge < -0.3 is 9.52 Å². The summed E-state index contributed by atoms with van der Waals surface area (Å²) in [5, 5.41) is 9.31. The fraction of sp³-hybridized carbons (Fsp3) is 0.0909. The minimum atomic E-state index is -1.14. The molecule has 0 fully saturated rings. The standard InChI is InChI=1S/C11H7BrClNO3/c1-5-9(11(15)16)17-10(14-5)7-3-2-6(12)4-8(7)13/h2-4H,1H3,(H,15,16). The first-order chi connectivity index (χ1) is 7.99. The number of carboxylic acid groups (broad SMARTS) is 1. The summed E-state index contributed by atoms with van der Waals surface area (Å²) >= 11 is 9.31. The molecule has 88 valence electrons. The van der Waals surface area contributed by atoms with Gasteiger partial charge in [-0.1, -0.05) is 27.5 Å². The minimum absolute atomic E-state index is 0.168. The van der Waals surface area contributed by atoms with E-state index in [9.17, 15) is 4.79 Å². The normalized spacial score (nSPS) is 10.5. The first-order valence-corrected chi connectivity index (χ1v) is 5.82. The second-order valence-electron chi connectivity index (χ2n) is 3.36. The van der Waals surface area contributed by atoms with Crippen LogP contribution in [0, 0.1) is 6.92 Å². The predicted molar refractivity (Wildman–Crippen MR) is 66.3 cm³/mol. The van der Waals surface area contributed by atoms with Crippen LogP contribution in [0.1, 0.15) is 16.2 Å². The quantitative estimate of drug-likeness (QED) is 0.916. The highest BCUT2D eigenvalue weighted by atomic mass is 79.9. The average molecular weight is 317 g/mol. The van der Waals surface area contributed by atoms with E-state index in [1.807, 2.05) is 0 Å². The molecule has 0 saturated carbocycles. The fourth-order valence-corrected chi connectivity index (χ4v) is 2.13. The van der Waals surface area contributed by atoms with Crippen molar-refractivity contribution >= 4 is 33.5 Å². The van der Waals surface area contributed by atoms with Crippen LogP contribution >= 0.6 is 27.5 Å². The fourth-order valence-electron chi connectivity index (χ4n) is 1.37. The van der Waals surface area contributed by atoms with E-state index < -0.39 is 5.97 Å². The van der Waals surface area contributed by atoms with E-state index in [1.165, 1.54) is 0 Å². The highest BCUT2D eigenvalue weighted by Gasteiger charge is 2.18. The van der Waals surface area contributed by atoms with Crippen LogP contribution in [0.5, 0.6) is 0 Å². The van der Waals surface area contributed by atoms with Crippen molar-refractivity contribution in [3.63, 3.8) is 0 Å². The van der Waals surface area contributed by atoms with Gasteiger partial charge in [0.15, 0.2) is 0 Å². The van der Waals surface area contributed by atoms with Crippen LogP contribution in [-0.2, 0) is 0 Å². The van der Waals surface area contributed by atoms with Gasteiger partial charge in [-0.3, -0.25) is 0 Å². The summed E-state index contributed by atoms with van der Waals surface area (Å²) in [4.78, 5) is 14.9. The van der Waals surface area contributed by atoms with Crippen molar-refractivity contribution in [3.05, 3.63) is 39.1 Å². The molecule has 17 heavy (non-hydrogen) atoms. The number of hydrogen-bond donors (Lipinski definition) is 1. The number of aryl methyl sites for hydroxylation is 1. The number of aromatic carboxylic acids is 1. The Balaban J connectivity index is 2.53. The Labute approximate surface area is 110 Å². The molecule has 1 heterocycles. The van der Waals surface area contributed by atoms with Crippen molar-refractivity contribution in [2.45, 2.75) is 6.92 Å². The Morgan fingerprint density at radius 1 is 1.53 bits per heavy atom. The van der Waals surface area contributed by atoms with E-state index in [0.29, 0.717) is 16.3 Å². The highest BCUT2D eigenvalue weighted by molar-refractivity contribution is 9.10. The highest BCUT2D eigenvalue weighted by Crippen LogP contribution is 2.30. The van der Waals surface area contributed by atoms with Crippen LogP contribution in [-0.4, -0.2) is 16.1 Å². The van der Waals surface area contributed by atoms with Crippen molar-refractivity contribution in [2.24, 2.45) is 0 Å². The number of carbonyl (C=O) groups is 1. The predicted octanol–water partition coefficient (Wildman–Crippen LogP) is 3.76. The molecule has 0 atom stereocenters. The summed E-state index contributed by atoms with van der Waals surface area (Å²) in [7, 11) is 0. The molecule has 0 radical (unpaired) electrons. The van der Waals surface area contributed by atoms with Gasteiger partial charge in [0.05, 0.1) is 16.3 Å². The van der Waals surface area contributed by atoms with Crippen LogP contribution < -0.4 is 0 Å². The largest absolute Gasteiger partial charge is 0.475 e. The topological polar surface area (TPSA) is 63.3 Å². The minimum Gasteiger partial charge on any atom is -0.475 e. The summed E-state index contributed by atoms with van der Waals surface area (Å²) in [5.41, 5.74) is 0.886. The molecule has 0 aliphatic heterocycles. The molecular weight excluding hydrogens is 309 g/mol. The molecule has 1 N–H and O–H groups in total. The number of benzene rings is 1. The zero-order valence-corrected chi connectivity index (χ0v) is 11.0. The van der Waals surface area contributed by atoms with E-state index >= 15 is 0 Å². The third-order valence-electron chi connectivity index (χ3n) is 2.15. The molecule has 4 nitrogen and oxygen atoms in total. The molecule has 0 amide bonds. The van der Waals surface area contributed by atoms with Crippen molar-refractivity contribution in [1.29, 1.82) is 0 Å². The molecule has 1 aromatic carbocycles. The van der Waals surface area contributed by atoms with Crippen molar-refractivity contribution in [2.75, 3.05) is 0 Å². The lowest BCUT2D eigenvalue weighted by molar-refractivity contribution is 0.0662. The van der Waals surface area contributed by atoms with Gasteiger partial charge >= 0.3 is 5.97 Å². The third-order valence-corrected chi connectivity index (χ3v) is 2.96. The van der Waals surface area contributed by atoms with Gasteiger partial charge in [-0.2, -0.15) is 0 Å². The summed E-state index contributed by atoms with van der Waals surface area (Å²) in [5.74, 6) is -1.11. The molecule has 0 saturated heterocycles. The van der Waals surface area contributed by atoms with Gasteiger partial charge in [-0.05, 0) is 25.1 Å². The summed E-state index contributed by atoms with van der Waals surface area (Å²) < 4.78 is 6.00. The maximum Gasteiger partial charge on any atom is 0.373 e. The Bertz CT molecular complexity index is 594. The number of halogens is 2. The Hall–Kier alpha value is -1.33. The average Bonchev–Trinajstić information content (AvgIpc) is 2.60. The molecule has 0 spiro atoms. The number of oxazole rings is 1.